The van der Waals surface area contributed by atoms with Gasteiger partial charge in [0.1, 0.15) is 11.7 Å². The van der Waals surface area contributed by atoms with Crippen LogP contribution in [0.1, 0.15) is 108 Å². The van der Waals surface area contributed by atoms with Crippen molar-refractivity contribution >= 4 is 5.78 Å². The van der Waals surface area contributed by atoms with Crippen LogP contribution in [0.25, 0.3) is 22.5 Å². The maximum atomic E-state index is 13.8. The fourth-order valence-corrected chi connectivity index (χ4v) is 5.53. The Kier molecular flexibility index (Phi) is 12.8. The summed E-state index contributed by atoms with van der Waals surface area (Å²) in [6.07, 6.45) is 15.9. The largest absolute Gasteiger partial charge is 0.299 e. The Morgan fingerprint density at radius 3 is 1.37 bits per heavy atom. The molecule has 0 amide bonds. The van der Waals surface area contributed by atoms with Crippen LogP contribution in [0.4, 0.5) is 0 Å². The molecule has 4 rings (SSSR count). The SMILES string of the molecule is CCCCCCCCCCCCCCC(=O)C(c1cccc(-c2ccccc2)n1)c1cccc(-c2ccccc2)n1. The van der Waals surface area contributed by atoms with Crippen LogP contribution < -0.4 is 0 Å². The second-order valence-corrected chi connectivity index (χ2v) is 11.2. The zero-order chi connectivity index (χ0) is 28.5. The van der Waals surface area contributed by atoms with E-state index in [4.69, 9.17) is 9.97 Å². The maximum Gasteiger partial charge on any atom is 0.147 e. The molecule has 0 saturated heterocycles. The van der Waals surface area contributed by atoms with Crippen LogP contribution in [0.3, 0.4) is 0 Å². The van der Waals surface area contributed by atoms with Crippen molar-refractivity contribution in [2.45, 2.75) is 96.3 Å². The molecule has 0 aliphatic carbocycles. The Labute approximate surface area is 247 Å². The number of carbonyl (C=O) groups excluding carboxylic acids is 1. The van der Waals surface area contributed by atoms with E-state index < -0.39 is 5.92 Å². The van der Waals surface area contributed by atoms with Crippen LogP contribution in [0.5, 0.6) is 0 Å². The Bertz CT molecular complexity index is 1220. The first kappa shape index (κ1) is 30.4. The highest BCUT2D eigenvalue weighted by Crippen LogP contribution is 2.29. The van der Waals surface area contributed by atoms with E-state index in [9.17, 15) is 4.79 Å². The van der Waals surface area contributed by atoms with E-state index in [1.54, 1.807) is 0 Å². The standard InChI is InChI=1S/C38H46N2O/c1-2-3-4-5-6-7-8-9-10-11-12-19-30-37(41)38(35-28-20-26-33(39-35)31-22-15-13-16-23-31)36-29-21-27-34(40-36)32-24-17-14-18-25-32/h13-18,20-29,38H,2-12,19,30H2,1H3. The summed E-state index contributed by atoms with van der Waals surface area (Å²) in [5.74, 6) is -0.275. The molecule has 2 aromatic heterocycles. The van der Waals surface area contributed by atoms with Crippen molar-refractivity contribution in [2.75, 3.05) is 0 Å². The lowest BCUT2D eigenvalue weighted by atomic mass is 9.91. The molecule has 0 spiro atoms. The van der Waals surface area contributed by atoms with Gasteiger partial charge in [-0.05, 0) is 30.7 Å². The topological polar surface area (TPSA) is 42.9 Å². The highest BCUT2D eigenvalue weighted by molar-refractivity contribution is 5.88. The molecule has 0 saturated carbocycles. The summed E-state index contributed by atoms with van der Waals surface area (Å²) in [7, 11) is 0. The van der Waals surface area contributed by atoms with Gasteiger partial charge in [-0.2, -0.15) is 0 Å². The lowest BCUT2D eigenvalue weighted by Gasteiger charge is -2.17. The van der Waals surface area contributed by atoms with Gasteiger partial charge < -0.3 is 0 Å². The molecule has 3 heteroatoms. The lowest BCUT2D eigenvalue weighted by Crippen LogP contribution is -2.17. The minimum atomic E-state index is -0.477. The number of nitrogens with zero attached hydrogens (tertiary/aromatic N) is 2. The number of hydrogen-bond acceptors (Lipinski definition) is 3. The maximum absolute atomic E-state index is 13.8. The van der Waals surface area contributed by atoms with Crippen LogP contribution in [0.15, 0.2) is 97.1 Å². The van der Waals surface area contributed by atoms with E-state index in [1.165, 1.54) is 64.2 Å². The zero-order valence-corrected chi connectivity index (χ0v) is 24.8. The van der Waals surface area contributed by atoms with Crippen LogP contribution in [0.2, 0.25) is 0 Å². The van der Waals surface area contributed by atoms with Gasteiger partial charge in [0, 0.05) is 17.5 Å². The summed E-state index contributed by atoms with van der Waals surface area (Å²) in [5.41, 5.74) is 5.40. The van der Waals surface area contributed by atoms with Crippen LogP contribution in [-0.4, -0.2) is 15.8 Å². The van der Waals surface area contributed by atoms with Gasteiger partial charge in [-0.1, -0.05) is 150 Å². The second-order valence-electron chi connectivity index (χ2n) is 11.2. The van der Waals surface area contributed by atoms with E-state index in [-0.39, 0.29) is 5.78 Å². The number of aromatic nitrogens is 2. The Balaban J connectivity index is 1.40. The predicted octanol–water partition coefficient (Wildman–Crippen LogP) is 10.6. The molecule has 0 bridgehead atoms. The first-order valence-electron chi connectivity index (χ1n) is 15.8. The molecule has 3 nitrogen and oxygen atoms in total. The van der Waals surface area contributed by atoms with Gasteiger partial charge >= 0.3 is 0 Å². The summed E-state index contributed by atoms with van der Waals surface area (Å²) in [6.45, 7) is 2.27. The van der Waals surface area contributed by atoms with Crippen molar-refractivity contribution in [3.63, 3.8) is 0 Å². The number of Topliss-reactive ketones (excluding diaryl/α,β-unsaturated/α-hetero) is 1. The zero-order valence-electron chi connectivity index (χ0n) is 24.8. The van der Waals surface area contributed by atoms with Crippen molar-refractivity contribution in [2.24, 2.45) is 0 Å². The molecule has 214 valence electrons. The van der Waals surface area contributed by atoms with Crippen molar-refractivity contribution in [3.8, 4) is 22.5 Å². The number of rotatable bonds is 18. The highest BCUT2D eigenvalue weighted by atomic mass is 16.1. The summed E-state index contributed by atoms with van der Waals surface area (Å²) >= 11 is 0. The van der Waals surface area contributed by atoms with Gasteiger partial charge in [0.25, 0.3) is 0 Å². The first-order valence-corrected chi connectivity index (χ1v) is 15.8. The predicted molar refractivity (Wildman–Crippen MR) is 172 cm³/mol. The molecular weight excluding hydrogens is 500 g/mol. The van der Waals surface area contributed by atoms with Crippen molar-refractivity contribution in [3.05, 3.63) is 108 Å². The summed E-state index contributed by atoms with van der Waals surface area (Å²) < 4.78 is 0. The van der Waals surface area contributed by atoms with Crippen molar-refractivity contribution in [1.82, 2.24) is 9.97 Å². The number of hydrogen-bond donors (Lipinski definition) is 0. The number of benzene rings is 2. The highest BCUT2D eigenvalue weighted by Gasteiger charge is 2.26. The fourth-order valence-electron chi connectivity index (χ4n) is 5.53. The molecule has 0 fully saturated rings. The van der Waals surface area contributed by atoms with Gasteiger partial charge in [-0.3, -0.25) is 14.8 Å². The van der Waals surface area contributed by atoms with E-state index in [0.29, 0.717) is 6.42 Å². The first-order chi connectivity index (χ1) is 20.3. The average Bonchev–Trinajstić information content (AvgIpc) is 3.03. The third-order valence-corrected chi connectivity index (χ3v) is 7.87. The van der Waals surface area contributed by atoms with Gasteiger partial charge in [0.15, 0.2) is 0 Å². The van der Waals surface area contributed by atoms with Crippen LogP contribution in [0, 0.1) is 0 Å². The fraction of sp³-hybridized carbons (Fsp3) is 0.395. The van der Waals surface area contributed by atoms with E-state index in [2.05, 4.69) is 31.2 Å². The minimum absolute atomic E-state index is 0.201. The number of carbonyl (C=O) groups is 1. The van der Waals surface area contributed by atoms with Gasteiger partial charge in [0.2, 0.25) is 0 Å². The third-order valence-electron chi connectivity index (χ3n) is 7.87. The normalized spacial score (nSPS) is 11.2. The quantitative estimate of drug-likeness (QED) is 0.117. The van der Waals surface area contributed by atoms with Crippen molar-refractivity contribution in [1.29, 1.82) is 0 Å². The number of pyridine rings is 2. The molecule has 0 N–H and O–H groups in total. The second kappa shape index (κ2) is 17.3. The van der Waals surface area contributed by atoms with E-state index >= 15 is 0 Å². The Hall–Kier alpha value is -3.59. The summed E-state index contributed by atoms with van der Waals surface area (Å²) in [4.78, 5) is 23.8. The molecule has 4 aromatic rings. The minimum Gasteiger partial charge on any atom is -0.299 e. The average molecular weight is 547 g/mol. The van der Waals surface area contributed by atoms with E-state index in [0.717, 1.165) is 46.7 Å². The molecule has 0 atom stereocenters. The smallest absolute Gasteiger partial charge is 0.147 e. The summed E-state index contributed by atoms with van der Waals surface area (Å²) in [6, 6.07) is 32.3. The summed E-state index contributed by atoms with van der Waals surface area (Å²) in [5, 5.41) is 0. The van der Waals surface area contributed by atoms with E-state index in [1.807, 2.05) is 72.8 Å². The van der Waals surface area contributed by atoms with Crippen molar-refractivity contribution < 1.29 is 4.79 Å². The third kappa shape index (κ3) is 9.78. The monoisotopic (exact) mass is 546 g/mol. The Morgan fingerprint density at radius 1 is 0.512 bits per heavy atom. The molecule has 0 radical (unpaired) electrons. The number of unbranched alkanes of at least 4 members (excludes halogenated alkanes) is 11. The Morgan fingerprint density at radius 2 is 0.927 bits per heavy atom. The van der Waals surface area contributed by atoms with Crippen LogP contribution in [-0.2, 0) is 4.79 Å². The van der Waals surface area contributed by atoms with Gasteiger partial charge in [-0.25, -0.2) is 0 Å². The molecule has 0 aliphatic rings. The van der Waals surface area contributed by atoms with Crippen LogP contribution >= 0.6 is 0 Å². The van der Waals surface area contributed by atoms with Gasteiger partial charge in [0.05, 0.1) is 22.8 Å². The molecular formula is C38H46N2O. The number of ketones is 1. The molecule has 2 heterocycles. The van der Waals surface area contributed by atoms with Gasteiger partial charge in [-0.15, -0.1) is 0 Å². The lowest BCUT2D eigenvalue weighted by molar-refractivity contribution is -0.119. The molecule has 2 aromatic carbocycles. The molecule has 41 heavy (non-hydrogen) atoms. The molecule has 0 unspecified atom stereocenters. The molecule has 0 aliphatic heterocycles.